The zero-order valence-corrected chi connectivity index (χ0v) is 12.6. The second-order valence-electron chi connectivity index (χ2n) is 5.17. The third-order valence-corrected chi connectivity index (χ3v) is 3.37. The molecule has 0 aliphatic rings. The van der Waals surface area contributed by atoms with E-state index in [4.69, 9.17) is 0 Å². The second kappa shape index (κ2) is 7.57. The minimum atomic E-state index is 0.0714. The van der Waals surface area contributed by atoms with Gasteiger partial charge in [0.1, 0.15) is 5.82 Å². The molecule has 0 aliphatic carbocycles. The number of carbonyl (C=O) groups is 1. The first-order chi connectivity index (χ1) is 10.2. The molecule has 0 aliphatic heterocycles. The van der Waals surface area contributed by atoms with E-state index in [1.165, 1.54) is 0 Å². The Balaban J connectivity index is 1.76. The largest absolute Gasteiger partial charge is 0.353 e. The number of amides is 1. The molecule has 2 aromatic rings. The molecule has 5 nitrogen and oxygen atoms in total. The molecule has 0 radical (unpaired) electrons. The van der Waals surface area contributed by atoms with Gasteiger partial charge < -0.3 is 9.88 Å². The van der Waals surface area contributed by atoms with Crippen LogP contribution >= 0.6 is 0 Å². The molecule has 21 heavy (non-hydrogen) atoms. The van der Waals surface area contributed by atoms with Gasteiger partial charge in [-0.05, 0) is 25.0 Å². The molecule has 0 saturated heterocycles. The van der Waals surface area contributed by atoms with Crippen LogP contribution in [0, 0.1) is 0 Å². The Morgan fingerprint density at radius 2 is 2.29 bits per heavy atom. The van der Waals surface area contributed by atoms with Crippen LogP contribution in [-0.2, 0) is 24.2 Å². The van der Waals surface area contributed by atoms with Crippen molar-refractivity contribution in [2.45, 2.75) is 45.7 Å². The smallest absolute Gasteiger partial charge is 0.222 e. The summed E-state index contributed by atoms with van der Waals surface area (Å²) in [6.45, 7) is 4.75. The van der Waals surface area contributed by atoms with Gasteiger partial charge in [-0.1, -0.05) is 13.0 Å². The van der Waals surface area contributed by atoms with Gasteiger partial charge in [0.15, 0.2) is 0 Å². The van der Waals surface area contributed by atoms with Crippen molar-refractivity contribution in [2.75, 3.05) is 0 Å². The predicted octanol–water partition coefficient (Wildman–Crippen LogP) is 1.98. The first-order valence-corrected chi connectivity index (χ1v) is 7.37. The number of nitrogens with zero attached hydrogens (tertiary/aromatic N) is 3. The molecule has 1 unspecified atom stereocenters. The quantitative estimate of drug-likeness (QED) is 0.846. The maximum absolute atomic E-state index is 12.0. The van der Waals surface area contributed by atoms with Crippen LogP contribution in [0.3, 0.4) is 0 Å². The third-order valence-electron chi connectivity index (χ3n) is 3.37. The highest BCUT2D eigenvalue weighted by atomic mass is 16.1. The average molecular weight is 286 g/mol. The highest BCUT2D eigenvalue weighted by Crippen LogP contribution is 2.03. The highest BCUT2D eigenvalue weighted by Gasteiger charge is 2.09. The van der Waals surface area contributed by atoms with E-state index in [1.807, 2.05) is 36.0 Å². The zero-order chi connectivity index (χ0) is 15.1. The second-order valence-corrected chi connectivity index (χ2v) is 5.17. The summed E-state index contributed by atoms with van der Waals surface area (Å²) in [5, 5.41) is 3.03. The van der Waals surface area contributed by atoms with Crippen molar-refractivity contribution in [3.05, 3.63) is 48.3 Å². The number of imidazole rings is 1. The molecule has 1 N–H and O–H groups in total. The van der Waals surface area contributed by atoms with Gasteiger partial charge in [-0.2, -0.15) is 0 Å². The lowest BCUT2D eigenvalue weighted by Gasteiger charge is -2.14. The maximum Gasteiger partial charge on any atom is 0.222 e. The molecule has 2 aromatic heterocycles. The lowest BCUT2D eigenvalue weighted by Crippen LogP contribution is -2.34. The molecular formula is C16H22N4O. The lowest BCUT2D eigenvalue weighted by atomic mass is 10.1. The van der Waals surface area contributed by atoms with E-state index in [1.54, 1.807) is 12.4 Å². The predicted molar refractivity (Wildman–Crippen MR) is 81.8 cm³/mol. The van der Waals surface area contributed by atoms with Crippen LogP contribution in [0.15, 0.2) is 36.9 Å². The van der Waals surface area contributed by atoms with Crippen molar-refractivity contribution in [3.63, 3.8) is 0 Å². The summed E-state index contributed by atoms with van der Waals surface area (Å²) in [4.78, 5) is 20.3. The van der Waals surface area contributed by atoms with Crippen LogP contribution in [0.1, 0.15) is 31.7 Å². The van der Waals surface area contributed by atoms with E-state index < -0.39 is 0 Å². The third kappa shape index (κ3) is 4.70. The van der Waals surface area contributed by atoms with E-state index in [9.17, 15) is 4.79 Å². The number of hydrogen-bond donors (Lipinski definition) is 1. The zero-order valence-electron chi connectivity index (χ0n) is 12.6. The number of carbonyl (C=O) groups excluding carboxylic acids is 1. The minimum absolute atomic E-state index is 0.0714. The van der Waals surface area contributed by atoms with Crippen molar-refractivity contribution in [1.82, 2.24) is 19.9 Å². The highest BCUT2D eigenvalue weighted by molar-refractivity contribution is 5.76. The lowest BCUT2D eigenvalue weighted by molar-refractivity contribution is -0.121. The molecule has 2 heterocycles. The number of rotatable bonds is 7. The molecule has 112 valence electrons. The van der Waals surface area contributed by atoms with Gasteiger partial charge in [-0.25, -0.2) is 4.98 Å². The molecular weight excluding hydrogens is 264 g/mol. The standard InChI is InChI=1S/C16H22N4O/c1-3-15-18-8-10-20(15)9-6-16(21)19-13(2)11-14-5-4-7-17-12-14/h4-5,7-8,10,12-13H,3,6,9,11H2,1-2H3,(H,19,21). The molecule has 0 saturated carbocycles. The number of aryl methyl sites for hydroxylation is 2. The van der Waals surface area contributed by atoms with Gasteiger partial charge >= 0.3 is 0 Å². The van der Waals surface area contributed by atoms with E-state index in [0.717, 1.165) is 24.2 Å². The van der Waals surface area contributed by atoms with Gasteiger partial charge in [-0.3, -0.25) is 9.78 Å². The fraction of sp³-hybridized carbons (Fsp3) is 0.438. The molecule has 0 spiro atoms. The Morgan fingerprint density at radius 3 is 3.00 bits per heavy atom. The minimum Gasteiger partial charge on any atom is -0.353 e. The molecule has 0 bridgehead atoms. The summed E-state index contributed by atoms with van der Waals surface area (Å²) in [7, 11) is 0. The van der Waals surface area contributed by atoms with Gasteiger partial charge in [0.25, 0.3) is 0 Å². The topological polar surface area (TPSA) is 59.8 Å². The first-order valence-electron chi connectivity index (χ1n) is 7.37. The number of nitrogens with one attached hydrogen (secondary N) is 1. The fourth-order valence-electron chi connectivity index (χ4n) is 2.35. The molecule has 0 aromatic carbocycles. The first kappa shape index (κ1) is 15.2. The van der Waals surface area contributed by atoms with Crippen molar-refractivity contribution >= 4 is 5.91 Å². The average Bonchev–Trinajstić information content (AvgIpc) is 2.93. The summed E-state index contributed by atoms with van der Waals surface area (Å²) in [5.74, 6) is 1.09. The van der Waals surface area contributed by atoms with Gasteiger partial charge in [0.2, 0.25) is 5.91 Å². The van der Waals surface area contributed by atoms with Gasteiger partial charge in [-0.15, -0.1) is 0 Å². The Labute approximate surface area is 125 Å². The van der Waals surface area contributed by atoms with Crippen molar-refractivity contribution in [2.24, 2.45) is 0 Å². The van der Waals surface area contributed by atoms with Crippen LogP contribution in [-0.4, -0.2) is 26.5 Å². The maximum atomic E-state index is 12.0. The Kier molecular flexibility index (Phi) is 5.49. The van der Waals surface area contributed by atoms with Gasteiger partial charge in [0.05, 0.1) is 0 Å². The normalized spacial score (nSPS) is 12.1. The van der Waals surface area contributed by atoms with Crippen LogP contribution in [0.25, 0.3) is 0 Å². The van der Waals surface area contributed by atoms with Crippen LogP contribution in [0.5, 0.6) is 0 Å². The van der Waals surface area contributed by atoms with Gasteiger partial charge in [0, 0.05) is 50.2 Å². The Bertz CT molecular complexity index is 565. The number of aromatic nitrogens is 3. The van der Waals surface area contributed by atoms with Crippen LogP contribution in [0.4, 0.5) is 0 Å². The van der Waals surface area contributed by atoms with E-state index in [2.05, 4.69) is 22.2 Å². The number of pyridine rings is 1. The molecule has 1 amide bonds. The monoisotopic (exact) mass is 286 g/mol. The summed E-state index contributed by atoms with van der Waals surface area (Å²) in [5.41, 5.74) is 1.13. The van der Waals surface area contributed by atoms with E-state index >= 15 is 0 Å². The molecule has 0 fully saturated rings. The van der Waals surface area contributed by atoms with E-state index in [0.29, 0.717) is 13.0 Å². The SMILES string of the molecule is CCc1nccn1CCC(=O)NC(C)Cc1cccnc1. The summed E-state index contributed by atoms with van der Waals surface area (Å²) >= 11 is 0. The molecule has 1 atom stereocenters. The summed E-state index contributed by atoms with van der Waals surface area (Å²) in [6.07, 6.45) is 9.44. The number of hydrogen-bond acceptors (Lipinski definition) is 3. The van der Waals surface area contributed by atoms with Crippen molar-refractivity contribution < 1.29 is 4.79 Å². The molecule has 2 rings (SSSR count). The van der Waals surface area contributed by atoms with Crippen LogP contribution in [0.2, 0.25) is 0 Å². The van der Waals surface area contributed by atoms with Crippen molar-refractivity contribution in [3.8, 4) is 0 Å². The molecule has 5 heteroatoms. The van der Waals surface area contributed by atoms with Crippen molar-refractivity contribution in [1.29, 1.82) is 0 Å². The van der Waals surface area contributed by atoms with Crippen LogP contribution < -0.4 is 5.32 Å². The summed E-state index contributed by atoms with van der Waals surface area (Å²) in [6, 6.07) is 4.04. The Hall–Kier alpha value is -2.17. The van der Waals surface area contributed by atoms with E-state index in [-0.39, 0.29) is 11.9 Å². The fourth-order valence-corrected chi connectivity index (χ4v) is 2.35. The summed E-state index contributed by atoms with van der Waals surface area (Å²) < 4.78 is 2.03. The Morgan fingerprint density at radius 1 is 1.43 bits per heavy atom.